The number of nitrogens with zero attached hydrogens (tertiary/aromatic N) is 1. The summed E-state index contributed by atoms with van der Waals surface area (Å²) in [4.78, 5) is 2.49. The van der Waals surface area contributed by atoms with Gasteiger partial charge in [0.2, 0.25) is 0 Å². The molecule has 2 fully saturated rings. The average Bonchev–Trinajstić information content (AvgIpc) is 2.67. The maximum absolute atomic E-state index is 5.65. The highest BCUT2D eigenvalue weighted by molar-refractivity contribution is 4.90. The number of hydrogen-bond acceptors (Lipinski definition) is 4. The molecule has 88 valence electrons. The molecule has 2 unspecified atom stereocenters. The van der Waals surface area contributed by atoms with Gasteiger partial charge in [0.05, 0.1) is 6.61 Å². The Morgan fingerprint density at radius 1 is 1.60 bits per heavy atom. The molecule has 2 heterocycles. The Bertz CT molecular complexity index is 205. The molecule has 0 aromatic carbocycles. The molecule has 2 atom stereocenters. The summed E-state index contributed by atoms with van der Waals surface area (Å²) in [5, 5.41) is 3.45. The Labute approximate surface area is 91.9 Å². The lowest BCUT2D eigenvalue weighted by Crippen LogP contribution is -2.54. The Hall–Kier alpha value is -0.160. The van der Waals surface area contributed by atoms with Crippen molar-refractivity contribution in [2.45, 2.75) is 25.0 Å². The summed E-state index contributed by atoms with van der Waals surface area (Å²) in [5.41, 5.74) is -0.0446. The van der Waals surface area contributed by atoms with Gasteiger partial charge in [0, 0.05) is 52.4 Å². The minimum absolute atomic E-state index is 0.0446. The molecule has 15 heavy (non-hydrogen) atoms. The molecule has 0 aliphatic carbocycles. The molecule has 4 nitrogen and oxygen atoms in total. The fourth-order valence-electron chi connectivity index (χ4n) is 2.50. The minimum atomic E-state index is -0.0446. The van der Waals surface area contributed by atoms with Crippen LogP contribution in [-0.2, 0) is 9.47 Å². The van der Waals surface area contributed by atoms with Gasteiger partial charge in [-0.3, -0.25) is 4.90 Å². The van der Waals surface area contributed by atoms with Gasteiger partial charge in [-0.25, -0.2) is 0 Å². The average molecular weight is 214 g/mol. The second-order valence-corrected chi connectivity index (χ2v) is 4.78. The predicted octanol–water partition coefficient (Wildman–Crippen LogP) is 0.0856. The van der Waals surface area contributed by atoms with Crippen LogP contribution in [0.25, 0.3) is 0 Å². The van der Waals surface area contributed by atoms with E-state index in [1.165, 1.54) is 0 Å². The number of methoxy groups -OCH3 is 1. The van der Waals surface area contributed by atoms with Crippen LogP contribution in [0.15, 0.2) is 0 Å². The van der Waals surface area contributed by atoms with Crippen LogP contribution < -0.4 is 5.32 Å². The maximum Gasteiger partial charge on any atom is 0.106 e. The van der Waals surface area contributed by atoms with E-state index in [9.17, 15) is 0 Å². The lowest BCUT2D eigenvalue weighted by Gasteiger charge is -2.37. The Balaban J connectivity index is 1.88. The van der Waals surface area contributed by atoms with Gasteiger partial charge in [0.15, 0.2) is 0 Å². The predicted molar refractivity (Wildman–Crippen MR) is 59.1 cm³/mol. The van der Waals surface area contributed by atoms with E-state index in [-0.39, 0.29) is 5.60 Å². The van der Waals surface area contributed by atoms with Crippen molar-refractivity contribution < 1.29 is 9.47 Å². The quantitative estimate of drug-likeness (QED) is 0.722. The first-order valence-electron chi connectivity index (χ1n) is 5.83. The van der Waals surface area contributed by atoms with Crippen LogP contribution in [0.5, 0.6) is 0 Å². The molecular weight excluding hydrogens is 192 g/mol. The molecule has 4 heteroatoms. The first-order chi connectivity index (χ1) is 7.24. The molecular formula is C11H22N2O2. The van der Waals surface area contributed by atoms with Crippen molar-refractivity contribution in [2.24, 2.45) is 0 Å². The van der Waals surface area contributed by atoms with Gasteiger partial charge in [-0.2, -0.15) is 0 Å². The van der Waals surface area contributed by atoms with Crippen molar-refractivity contribution in [3.8, 4) is 0 Å². The zero-order chi connectivity index (χ0) is 10.7. The SMILES string of the molecule is COC1(CN2CCNC(C)C2)CCOC1. The topological polar surface area (TPSA) is 33.7 Å². The van der Waals surface area contributed by atoms with Crippen LogP contribution in [0.4, 0.5) is 0 Å². The number of ether oxygens (including phenoxy) is 2. The van der Waals surface area contributed by atoms with Gasteiger partial charge >= 0.3 is 0 Å². The third-order valence-corrected chi connectivity index (χ3v) is 3.46. The van der Waals surface area contributed by atoms with E-state index in [1.807, 2.05) is 0 Å². The fraction of sp³-hybridized carbons (Fsp3) is 1.00. The summed E-state index contributed by atoms with van der Waals surface area (Å²) in [6, 6.07) is 0.593. The van der Waals surface area contributed by atoms with Gasteiger partial charge in [0.25, 0.3) is 0 Å². The maximum atomic E-state index is 5.65. The first-order valence-corrected chi connectivity index (χ1v) is 5.83. The molecule has 0 saturated carbocycles. The molecule has 0 bridgehead atoms. The lowest BCUT2D eigenvalue weighted by atomic mass is 10.0. The minimum Gasteiger partial charge on any atom is -0.378 e. The molecule has 1 N–H and O–H groups in total. The zero-order valence-corrected chi connectivity index (χ0v) is 9.79. The van der Waals surface area contributed by atoms with E-state index in [0.29, 0.717) is 6.04 Å². The molecule has 2 aliphatic heterocycles. The standard InChI is InChI=1S/C11H22N2O2/c1-10-7-13(5-4-12-10)8-11(14-2)3-6-15-9-11/h10,12H,3-9H2,1-2H3. The van der Waals surface area contributed by atoms with Crippen LogP contribution in [-0.4, -0.2) is 63.0 Å². The Kier molecular flexibility index (Phi) is 3.61. The number of piperazine rings is 1. The van der Waals surface area contributed by atoms with Crippen molar-refractivity contribution in [3.63, 3.8) is 0 Å². The second kappa shape index (κ2) is 4.78. The smallest absolute Gasteiger partial charge is 0.106 e. The lowest BCUT2D eigenvalue weighted by molar-refractivity contribution is -0.0444. The van der Waals surface area contributed by atoms with E-state index in [0.717, 1.165) is 45.8 Å². The van der Waals surface area contributed by atoms with Crippen molar-refractivity contribution in [1.82, 2.24) is 10.2 Å². The second-order valence-electron chi connectivity index (χ2n) is 4.78. The number of nitrogens with one attached hydrogen (secondary N) is 1. The zero-order valence-electron chi connectivity index (χ0n) is 9.79. The summed E-state index contributed by atoms with van der Waals surface area (Å²) in [5.74, 6) is 0. The van der Waals surface area contributed by atoms with Crippen LogP contribution >= 0.6 is 0 Å². The van der Waals surface area contributed by atoms with Crippen LogP contribution in [0, 0.1) is 0 Å². The first kappa shape index (κ1) is 11.3. The highest BCUT2D eigenvalue weighted by atomic mass is 16.5. The monoisotopic (exact) mass is 214 g/mol. The molecule has 2 rings (SSSR count). The van der Waals surface area contributed by atoms with E-state index in [2.05, 4.69) is 17.1 Å². The molecule has 2 aliphatic rings. The van der Waals surface area contributed by atoms with E-state index >= 15 is 0 Å². The summed E-state index contributed by atoms with van der Waals surface area (Å²) in [6.07, 6.45) is 1.03. The molecule has 0 spiro atoms. The van der Waals surface area contributed by atoms with E-state index < -0.39 is 0 Å². The van der Waals surface area contributed by atoms with Gasteiger partial charge < -0.3 is 14.8 Å². The third-order valence-electron chi connectivity index (χ3n) is 3.46. The van der Waals surface area contributed by atoms with E-state index in [1.54, 1.807) is 7.11 Å². The molecule has 2 saturated heterocycles. The highest BCUT2D eigenvalue weighted by Crippen LogP contribution is 2.24. The Morgan fingerprint density at radius 3 is 3.07 bits per heavy atom. The molecule has 0 radical (unpaired) electrons. The van der Waals surface area contributed by atoms with E-state index in [4.69, 9.17) is 9.47 Å². The van der Waals surface area contributed by atoms with Gasteiger partial charge in [-0.15, -0.1) is 0 Å². The molecule has 0 aromatic rings. The normalized spacial score (nSPS) is 38.4. The van der Waals surface area contributed by atoms with Crippen molar-refractivity contribution in [2.75, 3.05) is 46.5 Å². The summed E-state index contributed by atoms with van der Waals surface area (Å²) in [7, 11) is 1.81. The highest BCUT2D eigenvalue weighted by Gasteiger charge is 2.37. The summed E-state index contributed by atoms with van der Waals surface area (Å²) >= 11 is 0. The van der Waals surface area contributed by atoms with Gasteiger partial charge in [-0.1, -0.05) is 0 Å². The fourth-order valence-corrected chi connectivity index (χ4v) is 2.50. The van der Waals surface area contributed by atoms with Crippen LogP contribution in [0.3, 0.4) is 0 Å². The van der Waals surface area contributed by atoms with Crippen LogP contribution in [0.1, 0.15) is 13.3 Å². The summed E-state index contributed by atoms with van der Waals surface area (Å²) in [6.45, 7) is 8.16. The van der Waals surface area contributed by atoms with Crippen LogP contribution in [0.2, 0.25) is 0 Å². The van der Waals surface area contributed by atoms with Crippen molar-refractivity contribution >= 4 is 0 Å². The van der Waals surface area contributed by atoms with Crippen molar-refractivity contribution in [3.05, 3.63) is 0 Å². The van der Waals surface area contributed by atoms with Gasteiger partial charge in [-0.05, 0) is 6.92 Å². The largest absolute Gasteiger partial charge is 0.378 e. The Morgan fingerprint density at radius 2 is 2.47 bits per heavy atom. The molecule has 0 aromatic heterocycles. The molecule has 0 amide bonds. The number of rotatable bonds is 3. The number of hydrogen-bond donors (Lipinski definition) is 1. The summed E-state index contributed by atoms with van der Waals surface area (Å²) < 4.78 is 11.1. The third kappa shape index (κ3) is 2.69. The van der Waals surface area contributed by atoms with Gasteiger partial charge in [0.1, 0.15) is 5.60 Å². The van der Waals surface area contributed by atoms with Crippen molar-refractivity contribution in [1.29, 1.82) is 0 Å².